The molecule has 15 heavy (non-hydrogen) atoms. The summed E-state index contributed by atoms with van der Waals surface area (Å²) in [6.07, 6.45) is 3.65. The number of carbonyl (C=O) groups is 1. The van der Waals surface area contributed by atoms with E-state index in [2.05, 4.69) is 30.8 Å². The van der Waals surface area contributed by atoms with E-state index in [-0.39, 0.29) is 5.24 Å². The molecule has 0 spiro atoms. The van der Waals surface area contributed by atoms with Crippen molar-refractivity contribution < 1.29 is 4.79 Å². The van der Waals surface area contributed by atoms with E-state index in [9.17, 15) is 4.79 Å². The van der Waals surface area contributed by atoms with E-state index in [0.29, 0.717) is 6.54 Å². The molecule has 0 fully saturated rings. The monoisotopic (exact) mass is 221 g/mol. The van der Waals surface area contributed by atoms with Gasteiger partial charge in [0.15, 0.2) is 0 Å². The molecule has 0 unspecified atom stereocenters. The topological polar surface area (TPSA) is 20.3 Å². The van der Waals surface area contributed by atoms with Crippen molar-refractivity contribution in [3.05, 3.63) is 34.9 Å². The van der Waals surface area contributed by atoms with Crippen LogP contribution in [0, 0.1) is 0 Å². The summed E-state index contributed by atoms with van der Waals surface area (Å²) in [6, 6.07) is 6.52. The van der Waals surface area contributed by atoms with Crippen LogP contribution in [0.15, 0.2) is 18.2 Å². The van der Waals surface area contributed by atoms with Crippen LogP contribution in [0.25, 0.3) is 0 Å². The Kier molecular flexibility index (Phi) is 3.00. The molecule has 0 heterocycles. The van der Waals surface area contributed by atoms with Gasteiger partial charge >= 0.3 is 0 Å². The molecule has 2 rings (SSSR count). The Morgan fingerprint density at radius 1 is 1.40 bits per heavy atom. The van der Waals surface area contributed by atoms with Gasteiger partial charge in [-0.3, -0.25) is 4.79 Å². The van der Waals surface area contributed by atoms with E-state index < -0.39 is 0 Å². The minimum atomic E-state index is -0.185. The van der Waals surface area contributed by atoms with Crippen LogP contribution in [-0.4, -0.2) is 17.2 Å². The lowest BCUT2D eigenvalue weighted by Gasteiger charge is -2.14. The lowest BCUT2D eigenvalue weighted by atomic mass is 10.1. The number of aryl methyl sites for hydroxylation is 2. The van der Waals surface area contributed by atoms with E-state index in [1.165, 1.54) is 36.0 Å². The molecule has 2 nitrogen and oxygen atoms in total. The van der Waals surface area contributed by atoms with Crippen molar-refractivity contribution in [2.75, 3.05) is 7.05 Å². The molecular weight excluding hydrogens is 206 g/mol. The smallest absolute Gasteiger partial charge is 0.278 e. The molecule has 0 saturated carbocycles. The van der Waals surface area contributed by atoms with Crippen molar-refractivity contribution in [3.8, 4) is 0 Å². The minimum absolute atomic E-state index is 0.185. The van der Waals surface area contributed by atoms with Gasteiger partial charge in [-0.15, -0.1) is 0 Å². The number of carbonyl (C=O) groups excluding carboxylic acids is 1. The molecule has 0 N–H and O–H groups in total. The maximum Gasteiger partial charge on any atom is 0.278 e. The molecular formula is C12H15NOS. The summed E-state index contributed by atoms with van der Waals surface area (Å²) in [5.74, 6) is 0. The number of amides is 1. The second kappa shape index (κ2) is 4.27. The average molecular weight is 221 g/mol. The molecule has 0 atom stereocenters. The van der Waals surface area contributed by atoms with Crippen LogP contribution < -0.4 is 0 Å². The highest BCUT2D eigenvalue weighted by Crippen LogP contribution is 2.23. The van der Waals surface area contributed by atoms with Crippen LogP contribution in [0.3, 0.4) is 0 Å². The van der Waals surface area contributed by atoms with Gasteiger partial charge in [0.2, 0.25) is 0 Å². The second-order valence-electron chi connectivity index (χ2n) is 4.10. The van der Waals surface area contributed by atoms with Crippen LogP contribution in [0.4, 0.5) is 4.79 Å². The third-order valence-corrected chi connectivity index (χ3v) is 3.25. The predicted octanol–water partition coefficient (Wildman–Crippen LogP) is 2.66. The lowest BCUT2D eigenvalue weighted by molar-refractivity contribution is 0.232. The van der Waals surface area contributed by atoms with Crippen molar-refractivity contribution in [1.82, 2.24) is 4.90 Å². The van der Waals surface area contributed by atoms with E-state index in [1.54, 1.807) is 11.9 Å². The fraction of sp³-hybridized carbons (Fsp3) is 0.417. The molecule has 1 aliphatic carbocycles. The Morgan fingerprint density at radius 3 is 2.87 bits per heavy atom. The van der Waals surface area contributed by atoms with Crippen molar-refractivity contribution >= 4 is 17.9 Å². The average Bonchev–Trinajstić information content (AvgIpc) is 2.64. The van der Waals surface area contributed by atoms with Gasteiger partial charge in [0, 0.05) is 13.6 Å². The van der Waals surface area contributed by atoms with Crippen LogP contribution in [0.5, 0.6) is 0 Å². The molecule has 1 amide bonds. The Bertz CT molecular complexity index is 389. The lowest BCUT2D eigenvalue weighted by Crippen LogP contribution is -2.20. The molecule has 0 aromatic heterocycles. The summed E-state index contributed by atoms with van der Waals surface area (Å²) in [4.78, 5) is 12.6. The van der Waals surface area contributed by atoms with Gasteiger partial charge in [0.1, 0.15) is 0 Å². The highest BCUT2D eigenvalue weighted by atomic mass is 32.1. The fourth-order valence-electron chi connectivity index (χ4n) is 2.07. The zero-order valence-electron chi connectivity index (χ0n) is 8.86. The van der Waals surface area contributed by atoms with Gasteiger partial charge < -0.3 is 4.90 Å². The molecule has 1 aliphatic rings. The maximum absolute atomic E-state index is 11.0. The van der Waals surface area contributed by atoms with E-state index in [4.69, 9.17) is 0 Å². The molecule has 0 aliphatic heterocycles. The molecule has 1 aromatic rings. The number of benzene rings is 1. The highest BCUT2D eigenvalue weighted by Gasteiger charge is 2.11. The van der Waals surface area contributed by atoms with Gasteiger partial charge in [-0.05, 0) is 36.0 Å². The quantitative estimate of drug-likeness (QED) is 0.761. The summed E-state index contributed by atoms with van der Waals surface area (Å²) in [5.41, 5.74) is 4.12. The van der Waals surface area contributed by atoms with Crippen LogP contribution >= 0.6 is 12.6 Å². The summed E-state index contributed by atoms with van der Waals surface area (Å²) < 4.78 is 0. The maximum atomic E-state index is 11.0. The first-order valence-corrected chi connectivity index (χ1v) is 5.66. The first kappa shape index (κ1) is 10.6. The molecule has 0 saturated heterocycles. The highest BCUT2D eigenvalue weighted by molar-refractivity contribution is 7.96. The number of hydrogen-bond donors (Lipinski definition) is 1. The van der Waals surface area contributed by atoms with Gasteiger partial charge in [0.05, 0.1) is 0 Å². The number of fused-ring (bicyclic) bond motifs is 1. The standard InChI is InChI=1S/C12H15NOS/c1-13(12(14)15)8-9-5-6-10-3-2-4-11(10)7-9/h5-7H,2-4,8H2,1H3,(H,14,15). The fourth-order valence-corrected chi connectivity index (χ4v) is 2.14. The predicted molar refractivity (Wildman–Crippen MR) is 64.3 cm³/mol. The third kappa shape index (κ3) is 2.34. The Balaban J connectivity index is 2.13. The normalized spacial score (nSPS) is 13.7. The zero-order valence-corrected chi connectivity index (χ0v) is 9.76. The van der Waals surface area contributed by atoms with Gasteiger partial charge in [-0.25, -0.2) is 0 Å². The Labute approximate surface area is 95.7 Å². The minimum Gasteiger partial charge on any atom is -0.333 e. The van der Waals surface area contributed by atoms with Crippen molar-refractivity contribution in [2.45, 2.75) is 25.8 Å². The summed E-state index contributed by atoms with van der Waals surface area (Å²) >= 11 is 3.79. The number of nitrogens with zero attached hydrogens (tertiary/aromatic N) is 1. The Hall–Kier alpha value is -0.960. The largest absolute Gasteiger partial charge is 0.333 e. The van der Waals surface area contributed by atoms with Crippen LogP contribution in [0.2, 0.25) is 0 Å². The van der Waals surface area contributed by atoms with Crippen LogP contribution in [0.1, 0.15) is 23.1 Å². The SMILES string of the molecule is CN(Cc1ccc2c(c1)CCC2)C(=O)S. The summed E-state index contributed by atoms with van der Waals surface area (Å²) in [6.45, 7) is 0.648. The third-order valence-electron chi connectivity index (χ3n) is 2.91. The molecule has 80 valence electrons. The molecule has 3 heteroatoms. The van der Waals surface area contributed by atoms with Crippen molar-refractivity contribution in [1.29, 1.82) is 0 Å². The first-order chi connectivity index (χ1) is 7.16. The second-order valence-corrected chi connectivity index (χ2v) is 4.48. The van der Waals surface area contributed by atoms with Crippen LogP contribution in [-0.2, 0) is 19.4 Å². The van der Waals surface area contributed by atoms with Crippen molar-refractivity contribution in [2.24, 2.45) is 0 Å². The Morgan fingerprint density at radius 2 is 2.13 bits per heavy atom. The summed E-state index contributed by atoms with van der Waals surface area (Å²) in [7, 11) is 1.77. The van der Waals surface area contributed by atoms with E-state index in [1.807, 2.05) is 0 Å². The molecule has 0 bridgehead atoms. The van der Waals surface area contributed by atoms with E-state index in [0.717, 1.165) is 0 Å². The van der Waals surface area contributed by atoms with Gasteiger partial charge in [-0.2, -0.15) is 0 Å². The van der Waals surface area contributed by atoms with Crippen molar-refractivity contribution in [3.63, 3.8) is 0 Å². The number of rotatable bonds is 2. The number of thiol groups is 1. The summed E-state index contributed by atoms with van der Waals surface area (Å²) in [5, 5.41) is -0.185. The van der Waals surface area contributed by atoms with E-state index >= 15 is 0 Å². The molecule has 1 aromatic carbocycles. The van der Waals surface area contributed by atoms with Gasteiger partial charge in [-0.1, -0.05) is 30.8 Å². The first-order valence-electron chi connectivity index (χ1n) is 5.21. The number of hydrogen-bond acceptors (Lipinski definition) is 1. The zero-order chi connectivity index (χ0) is 10.8. The molecule has 0 radical (unpaired) electrons. The van der Waals surface area contributed by atoms with Gasteiger partial charge in [0.25, 0.3) is 5.24 Å².